The van der Waals surface area contributed by atoms with Gasteiger partial charge < -0.3 is 40.9 Å². The van der Waals surface area contributed by atoms with Crippen LogP contribution in [0.15, 0.2) is 42.6 Å². The number of amides is 4. The van der Waals surface area contributed by atoms with Crippen LogP contribution in [0.4, 0.5) is 10.6 Å². The summed E-state index contributed by atoms with van der Waals surface area (Å²) in [6.07, 6.45) is 1.06. The molecule has 2 aliphatic rings. The quantitative estimate of drug-likeness (QED) is 0.115. The van der Waals surface area contributed by atoms with Crippen molar-refractivity contribution in [3.63, 3.8) is 0 Å². The van der Waals surface area contributed by atoms with Gasteiger partial charge in [0.25, 0.3) is 0 Å². The molecule has 47 heavy (non-hydrogen) atoms. The molecule has 15 nitrogen and oxygen atoms in total. The van der Waals surface area contributed by atoms with E-state index in [9.17, 15) is 44.3 Å². The number of hydrogen-bond acceptors (Lipinski definition) is 11. The maximum atomic E-state index is 13.8. The third-order valence-electron chi connectivity index (χ3n) is 8.05. The summed E-state index contributed by atoms with van der Waals surface area (Å²) in [7, 11) is -1.60. The van der Waals surface area contributed by atoms with Crippen LogP contribution in [-0.2, 0) is 27.3 Å². The molecule has 3 aromatic rings. The Balaban J connectivity index is 1.36. The highest BCUT2D eigenvalue weighted by atomic mass is 35.5. The Bertz CT molecular complexity index is 1790. The summed E-state index contributed by atoms with van der Waals surface area (Å²) in [4.78, 5) is 70.8. The summed E-state index contributed by atoms with van der Waals surface area (Å²) in [6, 6.07) is 5.90. The Kier molecular flexibility index (Phi) is 9.26. The Hall–Kier alpha value is -5.35. The van der Waals surface area contributed by atoms with Gasteiger partial charge in [-0.05, 0) is 42.2 Å². The van der Waals surface area contributed by atoms with Crippen molar-refractivity contribution < 1.29 is 49.0 Å². The fourth-order valence-corrected chi connectivity index (χ4v) is 5.80. The molecule has 2 aliphatic heterocycles. The minimum absolute atomic E-state index is 0.0139. The van der Waals surface area contributed by atoms with Crippen molar-refractivity contribution in [2.45, 2.75) is 38.2 Å². The van der Waals surface area contributed by atoms with Crippen molar-refractivity contribution in [3.05, 3.63) is 75.4 Å². The molecule has 0 radical (unpaired) electrons. The normalized spacial score (nSPS) is 16.7. The van der Waals surface area contributed by atoms with Gasteiger partial charge in [0.05, 0.1) is 5.02 Å². The van der Waals surface area contributed by atoms with Crippen molar-refractivity contribution in [1.29, 1.82) is 0 Å². The van der Waals surface area contributed by atoms with Crippen LogP contribution in [0.2, 0.25) is 10.8 Å². The molecule has 3 heterocycles. The van der Waals surface area contributed by atoms with Gasteiger partial charge in [0.2, 0.25) is 0 Å². The smallest absolute Gasteiger partial charge is 0.526 e. The molecule has 0 aliphatic carbocycles. The Labute approximate surface area is 272 Å². The zero-order chi connectivity index (χ0) is 34.2. The summed E-state index contributed by atoms with van der Waals surface area (Å²) in [5, 5.41) is 42.5. The summed E-state index contributed by atoms with van der Waals surface area (Å²) in [5.74, 6) is -6.10. The van der Waals surface area contributed by atoms with E-state index in [1.165, 1.54) is 17.2 Å². The van der Waals surface area contributed by atoms with E-state index < -0.39 is 71.5 Å². The molecule has 7 N–H and O–H groups in total. The van der Waals surface area contributed by atoms with Crippen LogP contribution in [0.3, 0.4) is 0 Å². The van der Waals surface area contributed by atoms with Crippen LogP contribution in [-0.4, -0.2) is 84.9 Å². The number of nitrogen functional groups attached to an aromatic ring is 1. The number of anilines is 1. The van der Waals surface area contributed by atoms with E-state index >= 15 is 0 Å². The number of nitrogens with zero attached hydrogens (tertiary/aromatic N) is 3. The largest absolute Gasteiger partial charge is 0.535 e. The van der Waals surface area contributed by atoms with Crippen LogP contribution in [0.1, 0.15) is 45.1 Å². The number of aromatic carboxylic acids is 1. The zero-order valence-electron chi connectivity index (χ0n) is 24.8. The van der Waals surface area contributed by atoms with E-state index in [2.05, 4.69) is 10.3 Å². The maximum Gasteiger partial charge on any atom is 0.526 e. The lowest BCUT2D eigenvalue weighted by molar-refractivity contribution is -0.154. The second kappa shape index (κ2) is 13.2. The molecular weight excluding hydrogens is 637 g/mol. The predicted molar refractivity (Wildman–Crippen MR) is 166 cm³/mol. The van der Waals surface area contributed by atoms with Gasteiger partial charge in [-0.25, -0.2) is 14.6 Å². The molecule has 2 atom stereocenters. The minimum Gasteiger partial charge on any atom is -0.535 e. The van der Waals surface area contributed by atoms with Gasteiger partial charge in [0.1, 0.15) is 23.2 Å². The van der Waals surface area contributed by atoms with Crippen LogP contribution >= 0.6 is 11.6 Å². The lowest BCUT2D eigenvalue weighted by atomic mass is 9.64. The number of nitrogens with two attached hydrogens (primary N) is 1. The van der Waals surface area contributed by atoms with Crippen LogP contribution in [0.25, 0.3) is 0 Å². The first-order chi connectivity index (χ1) is 22.3. The fourth-order valence-electron chi connectivity index (χ4n) is 5.53. The first-order valence-electron chi connectivity index (χ1n) is 14.3. The first kappa shape index (κ1) is 33.0. The SMILES string of the molecule is Cc1ccc2c(c1C(=O)O)OB(O)[C@@H](CC(=O)C(NC(=O)N1CCN(Cc3ccc(N)nc3)C(=O)C1=O)c1ccc(O)c(O)c1Cl)C2. The number of ketones is 1. The summed E-state index contributed by atoms with van der Waals surface area (Å²) in [6.45, 7) is 1.38. The van der Waals surface area contributed by atoms with Crippen LogP contribution in [0.5, 0.6) is 17.2 Å². The second-order valence-electron chi connectivity index (χ2n) is 11.2. The molecule has 244 valence electrons. The molecule has 1 unspecified atom stereocenters. The number of piperazine rings is 1. The highest BCUT2D eigenvalue weighted by molar-refractivity contribution is 6.47. The number of pyridine rings is 1. The number of halogens is 1. The number of Topliss-reactive ketones (excluding diaryl/α,β-unsaturated/α-hetero) is 1. The van der Waals surface area contributed by atoms with Gasteiger partial charge in [-0.15, -0.1) is 0 Å². The number of aryl methyl sites for hydroxylation is 1. The molecule has 1 fully saturated rings. The molecule has 1 aromatic heterocycles. The molecule has 0 saturated carbocycles. The Morgan fingerprint density at radius 3 is 2.55 bits per heavy atom. The molecule has 4 amide bonds. The standard InChI is InChI=1S/C30H29BClN5O10/c1-14-2-4-16-10-17(31(46)47-26(16)22(14)29(43)44)11-20(39)24(18-5-6-19(38)25(40)23(18)32)35-30(45)37-9-8-36(27(41)28(37)42)13-15-3-7-21(33)34-12-15/h2-7,12,17,24,38,40,46H,8-11,13H2,1H3,(H2,33,34)(H,35,45)(H,43,44)/t17-,24?/m1/s1. The maximum absolute atomic E-state index is 13.8. The van der Waals surface area contributed by atoms with Crippen molar-refractivity contribution >= 4 is 54.1 Å². The van der Waals surface area contributed by atoms with Crippen molar-refractivity contribution in [3.8, 4) is 17.2 Å². The summed E-state index contributed by atoms with van der Waals surface area (Å²) in [5.41, 5.74) is 6.80. The van der Waals surface area contributed by atoms with Crippen molar-refractivity contribution in [2.75, 3.05) is 18.8 Å². The molecule has 1 saturated heterocycles. The molecular formula is C30H29BClN5O10. The number of carbonyl (C=O) groups excluding carboxylic acids is 4. The van der Waals surface area contributed by atoms with Gasteiger partial charge in [-0.1, -0.05) is 35.9 Å². The molecule has 5 rings (SSSR count). The average molecular weight is 666 g/mol. The van der Waals surface area contributed by atoms with E-state index in [1.54, 1.807) is 31.2 Å². The summed E-state index contributed by atoms with van der Waals surface area (Å²) < 4.78 is 5.55. The van der Waals surface area contributed by atoms with E-state index in [0.29, 0.717) is 21.6 Å². The average Bonchev–Trinajstić information content (AvgIpc) is 3.02. The van der Waals surface area contributed by atoms with Gasteiger partial charge in [-0.3, -0.25) is 19.3 Å². The monoisotopic (exact) mass is 665 g/mol. The third kappa shape index (κ3) is 6.64. The van der Waals surface area contributed by atoms with E-state index in [4.69, 9.17) is 22.0 Å². The second-order valence-corrected chi connectivity index (χ2v) is 11.6. The number of carboxylic acids is 1. The van der Waals surface area contributed by atoms with Gasteiger partial charge >= 0.3 is 30.9 Å². The lowest BCUT2D eigenvalue weighted by Crippen LogP contribution is -2.58. The molecule has 0 bridgehead atoms. The lowest BCUT2D eigenvalue weighted by Gasteiger charge is -2.34. The number of carboxylic acid groups (broad SMARTS) is 1. The Morgan fingerprint density at radius 2 is 1.87 bits per heavy atom. The number of benzene rings is 2. The number of urea groups is 1. The molecule has 17 heteroatoms. The third-order valence-corrected chi connectivity index (χ3v) is 8.45. The number of nitrogens with one attached hydrogen (secondary N) is 1. The number of carbonyl (C=O) groups is 5. The summed E-state index contributed by atoms with van der Waals surface area (Å²) >= 11 is 6.27. The topological polar surface area (TPSA) is 233 Å². The number of aromatic hydroxyl groups is 2. The van der Waals surface area contributed by atoms with Crippen molar-refractivity contribution in [2.24, 2.45) is 0 Å². The fraction of sp³-hybridized carbons (Fsp3) is 0.267. The van der Waals surface area contributed by atoms with E-state index in [1.807, 2.05) is 0 Å². The van der Waals surface area contributed by atoms with E-state index in [-0.39, 0.29) is 48.7 Å². The van der Waals surface area contributed by atoms with Crippen LogP contribution < -0.4 is 15.7 Å². The number of fused-ring (bicyclic) bond motifs is 1. The highest BCUT2D eigenvalue weighted by Gasteiger charge is 2.42. The van der Waals surface area contributed by atoms with Gasteiger partial charge in [-0.2, -0.15) is 0 Å². The Morgan fingerprint density at radius 1 is 1.13 bits per heavy atom. The molecule has 2 aromatic carbocycles. The number of phenols is 2. The molecule has 0 spiro atoms. The number of aromatic nitrogens is 1. The predicted octanol–water partition coefficient (Wildman–Crippen LogP) is 1.80. The number of rotatable bonds is 8. The van der Waals surface area contributed by atoms with E-state index in [0.717, 1.165) is 6.07 Å². The number of phenolic OH excluding ortho intramolecular Hbond substituents is 2. The minimum atomic E-state index is -1.62. The van der Waals surface area contributed by atoms with Gasteiger partial charge in [0, 0.05) is 43.6 Å². The number of hydrogen-bond donors (Lipinski definition) is 6. The zero-order valence-corrected chi connectivity index (χ0v) is 25.6. The van der Waals surface area contributed by atoms with Crippen molar-refractivity contribution in [1.82, 2.24) is 20.1 Å². The highest BCUT2D eigenvalue weighted by Crippen LogP contribution is 2.41. The first-order valence-corrected chi connectivity index (χ1v) is 14.7. The number of imide groups is 1. The van der Waals surface area contributed by atoms with Crippen LogP contribution in [0, 0.1) is 6.92 Å². The van der Waals surface area contributed by atoms with Gasteiger partial charge in [0.15, 0.2) is 17.3 Å².